The van der Waals surface area contributed by atoms with Gasteiger partial charge in [-0.2, -0.15) is 14.7 Å². The predicted octanol–water partition coefficient (Wildman–Crippen LogP) is 4.20. The topological polar surface area (TPSA) is 70.1 Å². The summed E-state index contributed by atoms with van der Waals surface area (Å²) in [6, 6.07) is 7.94. The molecule has 0 saturated carbocycles. The quantitative estimate of drug-likeness (QED) is 0.482. The number of halogens is 3. The molecule has 0 amide bonds. The summed E-state index contributed by atoms with van der Waals surface area (Å²) in [6.07, 6.45) is -4.67. The largest absolute Gasteiger partial charge is 0.573 e. The Bertz CT molecular complexity index is 1160. The number of aryl methyl sites for hydroxylation is 1. The highest BCUT2D eigenvalue weighted by atomic mass is 32.1. The Balaban J connectivity index is 1.68. The highest BCUT2D eigenvalue weighted by Crippen LogP contribution is 2.30. The molecule has 0 fully saturated rings. The Morgan fingerprint density at radius 1 is 1.14 bits per heavy atom. The van der Waals surface area contributed by atoms with E-state index in [0.717, 1.165) is 11.4 Å². The molecule has 152 valence electrons. The van der Waals surface area contributed by atoms with Gasteiger partial charge in [-0.05, 0) is 18.1 Å². The summed E-state index contributed by atoms with van der Waals surface area (Å²) >= 11 is 1.34. The minimum Gasteiger partial charge on any atom is -0.405 e. The Kier molecular flexibility index (Phi) is 4.77. The minimum atomic E-state index is -4.77. The zero-order valence-electron chi connectivity index (χ0n) is 15.8. The number of hydrogen-bond acceptors (Lipinski definition) is 6. The van der Waals surface area contributed by atoms with Gasteiger partial charge in [0, 0.05) is 19.0 Å². The van der Waals surface area contributed by atoms with Crippen molar-refractivity contribution >= 4 is 16.3 Å². The van der Waals surface area contributed by atoms with Crippen molar-refractivity contribution in [3.63, 3.8) is 0 Å². The third kappa shape index (κ3) is 3.95. The van der Waals surface area contributed by atoms with Crippen LogP contribution in [-0.2, 0) is 13.5 Å². The van der Waals surface area contributed by atoms with Crippen molar-refractivity contribution in [2.24, 2.45) is 7.05 Å². The first-order valence-electron chi connectivity index (χ1n) is 8.80. The van der Waals surface area contributed by atoms with E-state index in [1.165, 1.54) is 23.5 Å². The lowest BCUT2D eigenvalue weighted by Gasteiger charge is -2.12. The molecule has 0 radical (unpaired) electrons. The molecule has 11 heteroatoms. The maximum absolute atomic E-state index is 12.7. The Morgan fingerprint density at radius 3 is 2.59 bits per heavy atom. The molecular weight excluding hydrogens is 405 g/mol. The second-order valence-corrected chi connectivity index (χ2v) is 7.74. The van der Waals surface area contributed by atoms with Crippen molar-refractivity contribution in [3.8, 4) is 16.5 Å². The van der Waals surface area contributed by atoms with Gasteiger partial charge in [0.05, 0.1) is 11.4 Å². The fourth-order valence-corrected chi connectivity index (χ4v) is 3.79. The van der Waals surface area contributed by atoms with Crippen LogP contribution < -0.4 is 4.74 Å². The summed E-state index contributed by atoms with van der Waals surface area (Å²) in [6.45, 7) is 4.12. The molecule has 4 aromatic rings. The van der Waals surface area contributed by atoms with Gasteiger partial charge in [0.1, 0.15) is 5.75 Å². The van der Waals surface area contributed by atoms with Crippen LogP contribution in [0.25, 0.3) is 15.7 Å². The smallest absolute Gasteiger partial charge is 0.405 e. The second kappa shape index (κ2) is 7.14. The third-order valence-corrected chi connectivity index (χ3v) is 5.23. The van der Waals surface area contributed by atoms with Crippen molar-refractivity contribution in [1.29, 1.82) is 0 Å². The van der Waals surface area contributed by atoms with Crippen molar-refractivity contribution in [1.82, 2.24) is 29.6 Å². The SMILES string of the molecule is CC(C)c1cc(-c2nn3c(Cc4ccccc4OC(F)(F)F)nnc3s2)n(C)n1. The highest BCUT2D eigenvalue weighted by Gasteiger charge is 2.32. The number of alkyl halides is 3. The molecule has 0 N–H and O–H groups in total. The summed E-state index contributed by atoms with van der Waals surface area (Å²) in [5.41, 5.74) is 2.14. The van der Waals surface area contributed by atoms with Gasteiger partial charge in [-0.3, -0.25) is 4.68 Å². The summed E-state index contributed by atoms with van der Waals surface area (Å²) in [7, 11) is 1.84. The number of hydrogen-bond donors (Lipinski definition) is 0. The van der Waals surface area contributed by atoms with Crippen molar-refractivity contribution < 1.29 is 17.9 Å². The molecule has 0 unspecified atom stereocenters. The molecule has 7 nitrogen and oxygen atoms in total. The molecule has 1 aromatic carbocycles. The first-order chi connectivity index (χ1) is 13.7. The first-order valence-corrected chi connectivity index (χ1v) is 9.62. The van der Waals surface area contributed by atoms with Crippen LogP contribution in [-0.4, -0.2) is 36.0 Å². The molecule has 0 aliphatic heterocycles. The van der Waals surface area contributed by atoms with Crippen LogP contribution in [0.15, 0.2) is 30.3 Å². The predicted molar refractivity (Wildman–Crippen MR) is 101 cm³/mol. The second-order valence-electron chi connectivity index (χ2n) is 6.78. The van der Waals surface area contributed by atoms with Gasteiger partial charge in [0.2, 0.25) is 4.96 Å². The summed E-state index contributed by atoms with van der Waals surface area (Å²) < 4.78 is 45.4. The van der Waals surface area contributed by atoms with Crippen molar-refractivity contribution in [3.05, 3.63) is 47.4 Å². The third-order valence-electron chi connectivity index (χ3n) is 4.31. The summed E-state index contributed by atoms with van der Waals surface area (Å²) in [4.78, 5) is 0.552. The Labute approximate surface area is 167 Å². The van der Waals surface area contributed by atoms with E-state index in [9.17, 15) is 13.2 Å². The van der Waals surface area contributed by atoms with Crippen LogP contribution >= 0.6 is 11.3 Å². The van der Waals surface area contributed by atoms with Crippen LogP contribution in [0.1, 0.15) is 36.8 Å². The highest BCUT2D eigenvalue weighted by molar-refractivity contribution is 7.19. The summed E-state index contributed by atoms with van der Waals surface area (Å²) in [5, 5.41) is 18.0. The van der Waals surface area contributed by atoms with Gasteiger partial charge in [0.15, 0.2) is 10.8 Å². The van der Waals surface area contributed by atoms with Crippen molar-refractivity contribution in [2.45, 2.75) is 32.5 Å². The number of aromatic nitrogens is 6. The van der Waals surface area contributed by atoms with E-state index >= 15 is 0 Å². The fourth-order valence-electron chi connectivity index (χ4n) is 2.89. The maximum atomic E-state index is 12.7. The zero-order valence-corrected chi connectivity index (χ0v) is 16.6. The first kappa shape index (κ1) is 19.4. The molecule has 0 aliphatic carbocycles. The summed E-state index contributed by atoms with van der Waals surface area (Å²) in [5.74, 6) is 0.439. The maximum Gasteiger partial charge on any atom is 0.573 e. The van der Waals surface area contributed by atoms with Crippen LogP contribution in [0.4, 0.5) is 13.2 Å². The normalized spacial score (nSPS) is 12.2. The lowest BCUT2D eigenvalue weighted by molar-refractivity contribution is -0.274. The average Bonchev–Trinajstić information content (AvgIpc) is 3.30. The molecule has 0 aliphatic rings. The molecule has 0 spiro atoms. The monoisotopic (exact) mass is 422 g/mol. The average molecular weight is 422 g/mol. The Morgan fingerprint density at radius 2 is 1.90 bits per heavy atom. The number of para-hydroxylation sites is 1. The number of benzene rings is 1. The standard InChI is InChI=1S/C18H17F3N6OS/c1-10(2)12-9-13(26(3)24-12)16-25-27-15(22-23-17(27)29-16)8-11-6-4-5-7-14(11)28-18(19,20)21/h4-7,9-10H,8H2,1-3H3. The molecule has 0 atom stereocenters. The van der Waals surface area contributed by atoms with E-state index in [4.69, 9.17) is 0 Å². The molecule has 3 aromatic heterocycles. The molecular formula is C18H17F3N6OS. The number of nitrogens with zero attached hydrogens (tertiary/aromatic N) is 6. The van der Waals surface area contributed by atoms with Crippen LogP contribution in [0.2, 0.25) is 0 Å². The van der Waals surface area contributed by atoms with E-state index in [0.29, 0.717) is 21.4 Å². The van der Waals surface area contributed by atoms with Crippen LogP contribution in [0.3, 0.4) is 0 Å². The van der Waals surface area contributed by atoms with E-state index in [2.05, 4.69) is 39.0 Å². The molecule has 3 heterocycles. The van der Waals surface area contributed by atoms with Crippen LogP contribution in [0, 0.1) is 0 Å². The van der Waals surface area contributed by atoms with Gasteiger partial charge in [0.25, 0.3) is 0 Å². The number of rotatable bonds is 5. The fraction of sp³-hybridized carbons (Fsp3) is 0.333. The minimum absolute atomic E-state index is 0.0965. The van der Waals surface area contributed by atoms with Gasteiger partial charge in [-0.15, -0.1) is 23.4 Å². The van der Waals surface area contributed by atoms with Gasteiger partial charge >= 0.3 is 6.36 Å². The van der Waals surface area contributed by atoms with Gasteiger partial charge in [-0.1, -0.05) is 43.4 Å². The molecule has 0 saturated heterocycles. The lowest BCUT2D eigenvalue weighted by Crippen LogP contribution is -2.18. The van der Waals surface area contributed by atoms with Crippen molar-refractivity contribution in [2.75, 3.05) is 0 Å². The molecule has 0 bridgehead atoms. The number of fused-ring (bicyclic) bond motifs is 1. The lowest BCUT2D eigenvalue weighted by atomic mass is 10.1. The van der Waals surface area contributed by atoms with Gasteiger partial charge < -0.3 is 4.74 Å². The van der Waals surface area contributed by atoms with E-state index in [1.807, 2.05) is 13.1 Å². The Hall–Kier alpha value is -2.95. The van der Waals surface area contributed by atoms with E-state index in [1.54, 1.807) is 21.3 Å². The van der Waals surface area contributed by atoms with E-state index < -0.39 is 6.36 Å². The zero-order chi connectivity index (χ0) is 20.8. The van der Waals surface area contributed by atoms with Gasteiger partial charge in [-0.25, -0.2) is 0 Å². The van der Waals surface area contributed by atoms with Crippen LogP contribution in [0.5, 0.6) is 5.75 Å². The number of ether oxygens (including phenoxy) is 1. The van der Waals surface area contributed by atoms with E-state index in [-0.39, 0.29) is 18.1 Å². The molecule has 29 heavy (non-hydrogen) atoms. The molecule has 4 rings (SSSR count).